The summed E-state index contributed by atoms with van der Waals surface area (Å²) in [6, 6.07) is 6.07. The quantitative estimate of drug-likeness (QED) is 0.506. The van der Waals surface area contributed by atoms with Gasteiger partial charge in [-0.25, -0.2) is 9.97 Å². The molecule has 3 nitrogen and oxygen atoms in total. The molecule has 3 heterocycles. The third-order valence-electron chi connectivity index (χ3n) is 4.32. The molecule has 0 aromatic carbocycles. The van der Waals surface area contributed by atoms with Gasteiger partial charge in [-0.3, -0.25) is 4.98 Å². The Kier molecular flexibility index (Phi) is 4.07. The molecule has 1 aliphatic rings. The average molecular weight is 342 g/mol. The number of thioether (sulfide) groups is 1. The van der Waals surface area contributed by atoms with Crippen LogP contribution in [0.4, 0.5) is 0 Å². The fraction of sp³-hybridized carbons (Fsp3) is 0.389. The highest BCUT2D eigenvalue weighted by Crippen LogP contribution is 2.41. The lowest BCUT2D eigenvalue weighted by atomic mass is 9.89. The highest BCUT2D eigenvalue weighted by molar-refractivity contribution is 7.98. The fourth-order valence-corrected chi connectivity index (χ4v) is 5.65. The van der Waals surface area contributed by atoms with Crippen LogP contribution in [0.3, 0.4) is 0 Å². The van der Waals surface area contributed by atoms with Gasteiger partial charge in [-0.15, -0.1) is 11.3 Å². The molecule has 23 heavy (non-hydrogen) atoms. The Morgan fingerprint density at radius 2 is 2.22 bits per heavy atom. The lowest BCUT2D eigenvalue weighted by molar-refractivity contribution is 0.509. The molecule has 0 fully saturated rings. The van der Waals surface area contributed by atoms with Crippen LogP contribution in [-0.4, -0.2) is 15.0 Å². The Labute approximate surface area is 144 Å². The Bertz CT molecular complexity index is 842. The largest absolute Gasteiger partial charge is 0.260 e. The van der Waals surface area contributed by atoms with E-state index in [1.165, 1.54) is 39.9 Å². The third kappa shape index (κ3) is 3.00. The van der Waals surface area contributed by atoms with Gasteiger partial charge in [0.15, 0.2) is 0 Å². The summed E-state index contributed by atoms with van der Waals surface area (Å²) in [5.41, 5.74) is 2.60. The molecule has 0 bridgehead atoms. The van der Waals surface area contributed by atoms with Gasteiger partial charge in [-0.05, 0) is 49.8 Å². The van der Waals surface area contributed by atoms with E-state index in [-0.39, 0.29) is 0 Å². The van der Waals surface area contributed by atoms with Crippen LogP contribution in [0.15, 0.2) is 29.4 Å². The van der Waals surface area contributed by atoms with Crippen molar-refractivity contribution in [3.63, 3.8) is 0 Å². The van der Waals surface area contributed by atoms with Crippen LogP contribution in [0, 0.1) is 12.8 Å². The first-order valence-electron chi connectivity index (χ1n) is 8.02. The molecule has 0 saturated carbocycles. The summed E-state index contributed by atoms with van der Waals surface area (Å²) in [6.07, 6.45) is 5.49. The Morgan fingerprint density at radius 1 is 1.30 bits per heavy atom. The molecular formula is C18H19N3S2. The summed E-state index contributed by atoms with van der Waals surface area (Å²) >= 11 is 3.66. The monoisotopic (exact) mass is 341 g/mol. The number of nitrogens with zero attached hydrogens (tertiary/aromatic N) is 3. The molecule has 0 spiro atoms. The Morgan fingerprint density at radius 3 is 3.04 bits per heavy atom. The van der Waals surface area contributed by atoms with Crippen molar-refractivity contribution in [2.75, 3.05) is 0 Å². The van der Waals surface area contributed by atoms with Gasteiger partial charge in [0, 0.05) is 22.2 Å². The minimum absolute atomic E-state index is 0.786. The number of aromatic nitrogens is 3. The number of hydrogen-bond acceptors (Lipinski definition) is 5. The number of rotatable bonds is 3. The van der Waals surface area contributed by atoms with E-state index in [0.29, 0.717) is 0 Å². The zero-order valence-corrected chi connectivity index (χ0v) is 15.0. The topological polar surface area (TPSA) is 38.7 Å². The summed E-state index contributed by atoms with van der Waals surface area (Å²) in [5.74, 6) is 2.51. The second-order valence-electron chi connectivity index (χ2n) is 6.22. The molecule has 0 radical (unpaired) electrons. The van der Waals surface area contributed by atoms with Gasteiger partial charge in [0.2, 0.25) is 0 Å². The predicted molar refractivity (Wildman–Crippen MR) is 97.1 cm³/mol. The van der Waals surface area contributed by atoms with E-state index in [9.17, 15) is 0 Å². The molecule has 0 aliphatic heterocycles. The van der Waals surface area contributed by atoms with E-state index < -0.39 is 0 Å². The number of hydrogen-bond donors (Lipinski definition) is 0. The third-order valence-corrected chi connectivity index (χ3v) is 6.47. The van der Waals surface area contributed by atoms with Crippen LogP contribution >= 0.6 is 23.1 Å². The number of fused-ring (bicyclic) bond motifs is 3. The van der Waals surface area contributed by atoms with Crippen molar-refractivity contribution in [2.24, 2.45) is 5.92 Å². The molecule has 0 unspecified atom stereocenters. The highest BCUT2D eigenvalue weighted by atomic mass is 32.2. The molecule has 1 aliphatic carbocycles. The first-order valence-corrected chi connectivity index (χ1v) is 9.82. The summed E-state index contributed by atoms with van der Waals surface area (Å²) in [4.78, 5) is 16.6. The van der Waals surface area contributed by atoms with Gasteiger partial charge in [0.05, 0.1) is 5.69 Å². The van der Waals surface area contributed by atoms with Crippen molar-refractivity contribution < 1.29 is 0 Å². The van der Waals surface area contributed by atoms with Gasteiger partial charge in [0.1, 0.15) is 15.7 Å². The van der Waals surface area contributed by atoms with Crippen LogP contribution in [0.2, 0.25) is 0 Å². The molecule has 0 amide bonds. The van der Waals surface area contributed by atoms with Crippen molar-refractivity contribution in [1.29, 1.82) is 0 Å². The summed E-state index contributed by atoms with van der Waals surface area (Å²) in [7, 11) is 0. The summed E-state index contributed by atoms with van der Waals surface area (Å²) in [5, 5.41) is 2.44. The molecular weight excluding hydrogens is 322 g/mol. The SMILES string of the molecule is Cc1nc(SCc2ccccn2)c2c3c(sc2n1)C[C@@H](C)CC3. The minimum Gasteiger partial charge on any atom is -0.260 e. The van der Waals surface area contributed by atoms with Crippen molar-refractivity contribution >= 4 is 33.3 Å². The lowest BCUT2D eigenvalue weighted by Crippen LogP contribution is -2.08. The van der Waals surface area contributed by atoms with Crippen molar-refractivity contribution in [1.82, 2.24) is 15.0 Å². The smallest absolute Gasteiger partial charge is 0.128 e. The number of thiophene rings is 1. The van der Waals surface area contributed by atoms with Gasteiger partial charge < -0.3 is 0 Å². The summed E-state index contributed by atoms with van der Waals surface area (Å²) < 4.78 is 0. The lowest BCUT2D eigenvalue weighted by Gasteiger charge is -2.18. The fourth-order valence-electron chi connectivity index (χ4n) is 3.14. The number of aryl methyl sites for hydroxylation is 2. The maximum atomic E-state index is 4.75. The standard InChI is InChI=1S/C18H19N3S2/c1-11-6-7-14-15(9-11)23-18-16(14)17(20-12(2)21-18)22-10-13-5-3-4-8-19-13/h3-5,8,11H,6-7,9-10H2,1-2H3/t11-/m0/s1. The molecule has 3 aromatic rings. The summed E-state index contributed by atoms with van der Waals surface area (Å²) in [6.45, 7) is 4.34. The second-order valence-corrected chi connectivity index (χ2v) is 8.27. The number of pyridine rings is 1. The van der Waals surface area contributed by atoms with Crippen LogP contribution in [0.5, 0.6) is 0 Å². The van der Waals surface area contributed by atoms with Crippen LogP contribution in [0.1, 0.15) is 35.3 Å². The normalized spacial score (nSPS) is 17.4. The van der Waals surface area contributed by atoms with E-state index in [1.54, 1.807) is 11.8 Å². The van der Waals surface area contributed by atoms with Crippen LogP contribution in [0.25, 0.3) is 10.2 Å². The van der Waals surface area contributed by atoms with E-state index in [0.717, 1.165) is 28.2 Å². The van der Waals surface area contributed by atoms with Crippen molar-refractivity contribution in [3.8, 4) is 0 Å². The Hall–Kier alpha value is -1.46. The first-order chi connectivity index (χ1) is 11.2. The predicted octanol–water partition coefficient (Wildman–Crippen LogP) is 4.81. The molecule has 1 atom stereocenters. The highest BCUT2D eigenvalue weighted by Gasteiger charge is 2.23. The van der Waals surface area contributed by atoms with E-state index >= 15 is 0 Å². The van der Waals surface area contributed by atoms with Crippen molar-refractivity contribution in [3.05, 3.63) is 46.4 Å². The van der Waals surface area contributed by atoms with Crippen molar-refractivity contribution in [2.45, 2.75) is 43.9 Å². The maximum absolute atomic E-state index is 4.75. The molecule has 0 N–H and O–H groups in total. The van der Waals surface area contributed by atoms with Gasteiger partial charge in [0.25, 0.3) is 0 Å². The van der Waals surface area contributed by atoms with Gasteiger partial charge >= 0.3 is 0 Å². The second kappa shape index (κ2) is 6.21. The average Bonchev–Trinajstić information content (AvgIpc) is 2.90. The van der Waals surface area contributed by atoms with E-state index in [1.807, 2.05) is 36.6 Å². The minimum atomic E-state index is 0.786. The van der Waals surface area contributed by atoms with Crippen LogP contribution < -0.4 is 0 Å². The molecule has 3 aromatic heterocycles. The van der Waals surface area contributed by atoms with Gasteiger partial charge in [-0.2, -0.15) is 0 Å². The zero-order chi connectivity index (χ0) is 15.8. The van der Waals surface area contributed by atoms with E-state index in [4.69, 9.17) is 9.97 Å². The maximum Gasteiger partial charge on any atom is 0.128 e. The Balaban J connectivity index is 1.73. The van der Waals surface area contributed by atoms with Gasteiger partial charge in [-0.1, -0.05) is 24.8 Å². The molecule has 0 saturated heterocycles. The molecule has 4 rings (SSSR count). The molecule has 5 heteroatoms. The van der Waals surface area contributed by atoms with E-state index in [2.05, 4.69) is 18.0 Å². The zero-order valence-electron chi connectivity index (χ0n) is 13.4. The van der Waals surface area contributed by atoms with Crippen LogP contribution in [-0.2, 0) is 18.6 Å². The molecule has 118 valence electrons. The first kappa shape index (κ1) is 15.1.